The SMILES string of the molecule is CSc1nnc([C@@H]2CC[C@@H](NC(=O)OC(C)(C)C)CO2)o1. The fraction of sp³-hybridized carbons (Fsp3) is 0.769. The second-order valence-electron chi connectivity index (χ2n) is 5.85. The van der Waals surface area contributed by atoms with E-state index in [0.717, 1.165) is 12.8 Å². The van der Waals surface area contributed by atoms with Gasteiger partial charge in [-0.3, -0.25) is 0 Å². The number of ether oxygens (including phenoxy) is 2. The van der Waals surface area contributed by atoms with Gasteiger partial charge >= 0.3 is 6.09 Å². The van der Waals surface area contributed by atoms with E-state index in [1.54, 1.807) is 0 Å². The van der Waals surface area contributed by atoms with Gasteiger partial charge in [0.1, 0.15) is 11.7 Å². The molecule has 7 nitrogen and oxygen atoms in total. The second-order valence-corrected chi connectivity index (χ2v) is 6.61. The fourth-order valence-corrected chi connectivity index (χ4v) is 2.26. The quantitative estimate of drug-likeness (QED) is 0.858. The van der Waals surface area contributed by atoms with Crippen LogP contribution in [0.25, 0.3) is 0 Å². The summed E-state index contributed by atoms with van der Waals surface area (Å²) in [7, 11) is 0. The number of carbonyl (C=O) groups excluding carboxylic acids is 1. The molecule has 0 spiro atoms. The molecule has 1 aliphatic rings. The van der Waals surface area contributed by atoms with Crippen LogP contribution in [0, 0.1) is 0 Å². The van der Waals surface area contributed by atoms with Crippen LogP contribution < -0.4 is 5.32 Å². The Morgan fingerprint density at radius 1 is 1.38 bits per heavy atom. The van der Waals surface area contributed by atoms with Gasteiger partial charge < -0.3 is 19.2 Å². The monoisotopic (exact) mass is 315 g/mol. The minimum absolute atomic E-state index is 0.0564. The zero-order valence-corrected chi connectivity index (χ0v) is 13.5. The van der Waals surface area contributed by atoms with Crippen molar-refractivity contribution in [2.24, 2.45) is 0 Å². The summed E-state index contributed by atoms with van der Waals surface area (Å²) in [5.74, 6) is 0.495. The lowest BCUT2D eigenvalue weighted by Crippen LogP contribution is -2.43. The van der Waals surface area contributed by atoms with Crippen molar-refractivity contribution in [3.05, 3.63) is 5.89 Å². The van der Waals surface area contributed by atoms with E-state index in [1.807, 2.05) is 27.0 Å². The van der Waals surface area contributed by atoms with Crippen LogP contribution in [0.2, 0.25) is 0 Å². The van der Waals surface area contributed by atoms with Gasteiger partial charge in [-0.1, -0.05) is 11.8 Å². The Kier molecular flexibility index (Phi) is 5.10. The number of thioether (sulfide) groups is 1. The molecule has 1 aromatic heterocycles. The molecule has 1 aliphatic heterocycles. The highest BCUT2D eigenvalue weighted by molar-refractivity contribution is 7.98. The number of rotatable bonds is 3. The number of carbonyl (C=O) groups is 1. The normalized spacial score (nSPS) is 22.9. The first kappa shape index (κ1) is 16.1. The highest BCUT2D eigenvalue weighted by atomic mass is 32.2. The molecule has 1 saturated heterocycles. The van der Waals surface area contributed by atoms with Crippen molar-refractivity contribution in [3.8, 4) is 0 Å². The van der Waals surface area contributed by atoms with E-state index in [0.29, 0.717) is 17.7 Å². The molecule has 0 aliphatic carbocycles. The predicted octanol–water partition coefficient (Wildman–Crippen LogP) is 2.54. The average molecular weight is 315 g/mol. The maximum Gasteiger partial charge on any atom is 0.407 e. The smallest absolute Gasteiger partial charge is 0.407 e. The fourth-order valence-electron chi connectivity index (χ4n) is 1.97. The third-order valence-corrected chi connectivity index (χ3v) is 3.38. The largest absolute Gasteiger partial charge is 0.444 e. The summed E-state index contributed by atoms with van der Waals surface area (Å²) in [6, 6.07) is -0.0564. The molecule has 21 heavy (non-hydrogen) atoms. The zero-order chi connectivity index (χ0) is 15.5. The molecule has 0 aromatic carbocycles. The molecule has 2 rings (SSSR count). The molecule has 0 bridgehead atoms. The number of aromatic nitrogens is 2. The summed E-state index contributed by atoms with van der Waals surface area (Å²) in [4.78, 5) is 11.7. The van der Waals surface area contributed by atoms with Crippen molar-refractivity contribution in [1.29, 1.82) is 0 Å². The molecule has 0 radical (unpaired) electrons. The Morgan fingerprint density at radius 2 is 2.14 bits per heavy atom. The molecular weight excluding hydrogens is 294 g/mol. The van der Waals surface area contributed by atoms with Gasteiger partial charge in [0.25, 0.3) is 5.22 Å². The highest BCUT2D eigenvalue weighted by Gasteiger charge is 2.28. The first-order valence-corrected chi connectivity index (χ1v) is 8.08. The average Bonchev–Trinajstić information content (AvgIpc) is 2.86. The highest BCUT2D eigenvalue weighted by Crippen LogP contribution is 2.28. The van der Waals surface area contributed by atoms with Crippen LogP contribution in [0.15, 0.2) is 9.64 Å². The zero-order valence-electron chi connectivity index (χ0n) is 12.7. The summed E-state index contributed by atoms with van der Waals surface area (Å²) >= 11 is 1.40. The lowest BCUT2D eigenvalue weighted by atomic mass is 10.1. The molecule has 0 saturated carbocycles. The number of nitrogens with one attached hydrogen (secondary N) is 1. The summed E-state index contributed by atoms with van der Waals surface area (Å²) in [5, 5.41) is 11.2. The Hall–Kier alpha value is -1.28. The second kappa shape index (κ2) is 6.65. The van der Waals surface area contributed by atoms with Crippen LogP contribution in [0.5, 0.6) is 0 Å². The van der Waals surface area contributed by atoms with E-state index in [-0.39, 0.29) is 12.1 Å². The van der Waals surface area contributed by atoms with Crippen molar-refractivity contribution >= 4 is 17.9 Å². The summed E-state index contributed by atoms with van der Waals surface area (Å²) in [6.07, 6.45) is 2.75. The summed E-state index contributed by atoms with van der Waals surface area (Å²) in [5.41, 5.74) is -0.500. The molecular formula is C13H21N3O4S. The van der Waals surface area contributed by atoms with Gasteiger partial charge in [0.05, 0.1) is 12.6 Å². The van der Waals surface area contributed by atoms with Gasteiger partial charge in [-0.05, 0) is 39.9 Å². The number of alkyl carbamates (subject to hydrolysis) is 1. The Morgan fingerprint density at radius 3 is 2.67 bits per heavy atom. The van der Waals surface area contributed by atoms with Gasteiger partial charge in [-0.15, -0.1) is 10.2 Å². The molecule has 118 valence electrons. The van der Waals surface area contributed by atoms with E-state index < -0.39 is 11.7 Å². The first-order chi connectivity index (χ1) is 9.87. The lowest BCUT2D eigenvalue weighted by Gasteiger charge is -2.28. The molecule has 2 heterocycles. The molecule has 8 heteroatoms. The minimum atomic E-state index is -0.500. The lowest BCUT2D eigenvalue weighted by molar-refractivity contribution is -0.0232. The first-order valence-electron chi connectivity index (χ1n) is 6.86. The van der Waals surface area contributed by atoms with Crippen LogP contribution in [0.1, 0.15) is 45.6 Å². The van der Waals surface area contributed by atoms with Crippen molar-refractivity contribution in [3.63, 3.8) is 0 Å². The molecule has 1 amide bonds. The van der Waals surface area contributed by atoms with Crippen molar-refractivity contribution < 1.29 is 18.7 Å². The number of hydrogen-bond acceptors (Lipinski definition) is 7. The molecule has 2 atom stereocenters. The standard InChI is InChI=1S/C13H21N3O4S/c1-13(2,3)20-11(17)14-8-5-6-9(18-7-8)10-15-16-12(19-10)21-4/h8-9H,5-7H2,1-4H3,(H,14,17)/t8-,9+/m1/s1. The summed E-state index contributed by atoms with van der Waals surface area (Å²) < 4.78 is 16.4. The maximum atomic E-state index is 11.7. The van der Waals surface area contributed by atoms with Crippen LogP contribution in [0.4, 0.5) is 4.79 Å². The van der Waals surface area contributed by atoms with Gasteiger partial charge in [0.15, 0.2) is 0 Å². The Bertz CT molecular complexity index is 478. The van der Waals surface area contributed by atoms with Crippen LogP contribution in [0.3, 0.4) is 0 Å². The Balaban J connectivity index is 1.79. The number of hydrogen-bond donors (Lipinski definition) is 1. The number of nitrogens with zero attached hydrogens (tertiary/aromatic N) is 2. The van der Waals surface area contributed by atoms with Gasteiger partial charge in [0, 0.05) is 0 Å². The van der Waals surface area contributed by atoms with Crippen LogP contribution >= 0.6 is 11.8 Å². The van der Waals surface area contributed by atoms with Crippen molar-refractivity contribution in [2.75, 3.05) is 12.9 Å². The van der Waals surface area contributed by atoms with Crippen molar-refractivity contribution in [2.45, 2.75) is 56.6 Å². The third kappa shape index (κ3) is 4.89. The number of amides is 1. The molecule has 1 N–H and O–H groups in total. The minimum Gasteiger partial charge on any atom is -0.444 e. The van der Waals surface area contributed by atoms with E-state index >= 15 is 0 Å². The van der Waals surface area contributed by atoms with E-state index in [2.05, 4.69) is 15.5 Å². The predicted molar refractivity (Wildman–Crippen MR) is 77.2 cm³/mol. The summed E-state index contributed by atoms with van der Waals surface area (Å²) in [6.45, 7) is 5.90. The van der Waals surface area contributed by atoms with Crippen LogP contribution in [-0.2, 0) is 9.47 Å². The third-order valence-electron chi connectivity index (χ3n) is 2.87. The van der Waals surface area contributed by atoms with Gasteiger partial charge in [-0.2, -0.15) is 0 Å². The molecule has 0 unspecified atom stereocenters. The van der Waals surface area contributed by atoms with Gasteiger partial charge in [0.2, 0.25) is 5.89 Å². The molecule has 1 aromatic rings. The van der Waals surface area contributed by atoms with E-state index in [1.165, 1.54) is 11.8 Å². The van der Waals surface area contributed by atoms with Crippen molar-refractivity contribution in [1.82, 2.24) is 15.5 Å². The van der Waals surface area contributed by atoms with Gasteiger partial charge in [-0.25, -0.2) is 4.79 Å². The van der Waals surface area contributed by atoms with E-state index in [4.69, 9.17) is 13.9 Å². The Labute approximate surface area is 128 Å². The molecule has 1 fully saturated rings. The maximum absolute atomic E-state index is 11.7. The van der Waals surface area contributed by atoms with Crippen LogP contribution in [-0.4, -0.2) is 40.8 Å². The van der Waals surface area contributed by atoms with E-state index in [9.17, 15) is 4.79 Å². The topological polar surface area (TPSA) is 86.5 Å².